The monoisotopic (exact) mass is 222 g/mol. The summed E-state index contributed by atoms with van der Waals surface area (Å²) in [6, 6.07) is 6.84. The molecule has 3 heteroatoms. The fraction of sp³-hybridized carbons (Fsp3) is 0.538. The molecule has 88 valence electrons. The zero-order valence-electron chi connectivity index (χ0n) is 9.51. The Hall–Kier alpha value is -0.930. The van der Waals surface area contributed by atoms with Crippen LogP contribution in [0, 0.1) is 11.7 Å². The van der Waals surface area contributed by atoms with Crippen LogP contribution in [0.5, 0.6) is 0 Å². The number of rotatable bonds is 5. The van der Waals surface area contributed by atoms with Crippen LogP contribution in [0.15, 0.2) is 24.3 Å². The second-order valence-electron chi connectivity index (χ2n) is 4.44. The Labute approximate surface area is 96.2 Å². The molecule has 0 aliphatic carbocycles. The van der Waals surface area contributed by atoms with Crippen LogP contribution in [0.3, 0.4) is 0 Å². The van der Waals surface area contributed by atoms with Crippen molar-refractivity contribution < 1.29 is 4.39 Å². The van der Waals surface area contributed by atoms with Crippen LogP contribution >= 0.6 is 0 Å². The highest BCUT2D eigenvalue weighted by Gasteiger charge is 2.12. The van der Waals surface area contributed by atoms with Gasteiger partial charge in [0.15, 0.2) is 0 Å². The maximum Gasteiger partial charge on any atom is 0.123 e. The van der Waals surface area contributed by atoms with Crippen LogP contribution in [0.2, 0.25) is 0 Å². The van der Waals surface area contributed by atoms with Crippen molar-refractivity contribution >= 4 is 0 Å². The van der Waals surface area contributed by atoms with Crippen molar-refractivity contribution in [3.8, 4) is 0 Å². The highest BCUT2D eigenvalue weighted by atomic mass is 19.1. The van der Waals surface area contributed by atoms with Gasteiger partial charge in [-0.05, 0) is 62.6 Å². The van der Waals surface area contributed by atoms with Gasteiger partial charge in [-0.15, -0.1) is 0 Å². The predicted molar refractivity (Wildman–Crippen MR) is 64.0 cm³/mol. The van der Waals surface area contributed by atoms with Crippen LogP contribution in [-0.4, -0.2) is 26.2 Å². The molecule has 0 saturated carbocycles. The topological polar surface area (TPSA) is 24.1 Å². The van der Waals surface area contributed by atoms with Crippen LogP contribution in [0.4, 0.5) is 4.39 Å². The summed E-state index contributed by atoms with van der Waals surface area (Å²) in [5.41, 5.74) is 1.07. The zero-order chi connectivity index (χ0) is 11.2. The third kappa shape index (κ3) is 3.58. The van der Waals surface area contributed by atoms with Crippen molar-refractivity contribution in [1.82, 2.24) is 10.6 Å². The van der Waals surface area contributed by atoms with Crippen LogP contribution < -0.4 is 10.6 Å². The second-order valence-corrected chi connectivity index (χ2v) is 4.44. The lowest BCUT2D eigenvalue weighted by Gasteiger charge is -2.09. The first-order valence-corrected chi connectivity index (χ1v) is 6.00. The SMILES string of the molecule is Fc1cccc(CCNCC2CCNC2)c1. The van der Waals surface area contributed by atoms with E-state index < -0.39 is 0 Å². The van der Waals surface area contributed by atoms with Gasteiger partial charge in [-0.1, -0.05) is 12.1 Å². The molecular weight excluding hydrogens is 203 g/mol. The summed E-state index contributed by atoms with van der Waals surface area (Å²) in [7, 11) is 0. The maximum atomic E-state index is 12.9. The lowest BCUT2D eigenvalue weighted by molar-refractivity contribution is 0.514. The van der Waals surface area contributed by atoms with Gasteiger partial charge in [-0.3, -0.25) is 0 Å². The average molecular weight is 222 g/mol. The summed E-state index contributed by atoms with van der Waals surface area (Å²) in [6.07, 6.45) is 2.17. The largest absolute Gasteiger partial charge is 0.316 e. The van der Waals surface area contributed by atoms with Gasteiger partial charge in [0, 0.05) is 0 Å². The predicted octanol–water partition coefficient (Wildman–Crippen LogP) is 1.57. The smallest absolute Gasteiger partial charge is 0.123 e. The Morgan fingerprint density at radius 3 is 3.12 bits per heavy atom. The normalized spacial score (nSPS) is 20.2. The van der Waals surface area contributed by atoms with Crippen LogP contribution in [0.25, 0.3) is 0 Å². The molecule has 2 rings (SSSR count). The molecule has 1 aromatic rings. The van der Waals surface area contributed by atoms with E-state index in [1.807, 2.05) is 6.07 Å². The molecule has 2 N–H and O–H groups in total. The van der Waals surface area contributed by atoms with Gasteiger partial charge in [0.2, 0.25) is 0 Å². The Morgan fingerprint density at radius 2 is 2.38 bits per heavy atom. The van der Waals surface area contributed by atoms with Crippen molar-refractivity contribution in [3.05, 3.63) is 35.6 Å². The number of halogens is 1. The fourth-order valence-corrected chi connectivity index (χ4v) is 2.12. The molecule has 1 unspecified atom stereocenters. The molecule has 1 saturated heterocycles. The summed E-state index contributed by atoms with van der Waals surface area (Å²) >= 11 is 0. The molecule has 0 spiro atoms. The summed E-state index contributed by atoms with van der Waals surface area (Å²) in [6.45, 7) is 4.28. The van der Waals surface area contributed by atoms with Gasteiger partial charge in [0.1, 0.15) is 5.82 Å². The Bertz CT molecular complexity index is 321. The third-order valence-electron chi connectivity index (χ3n) is 3.07. The molecule has 1 fully saturated rings. The van der Waals surface area contributed by atoms with E-state index in [-0.39, 0.29) is 5.82 Å². The maximum absolute atomic E-state index is 12.9. The van der Waals surface area contributed by atoms with Gasteiger partial charge in [-0.2, -0.15) is 0 Å². The van der Waals surface area contributed by atoms with Gasteiger partial charge in [0.05, 0.1) is 0 Å². The van der Waals surface area contributed by atoms with E-state index in [0.29, 0.717) is 0 Å². The number of nitrogens with one attached hydrogen (secondary N) is 2. The van der Waals surface area contributed by atoms with Crippen LogP contribution in [-0.2, 0) is 6.42 Å². The van der Waals surface area contributed by atoms with E-state index in [1.54, 1.807) is 12.1 Å². The first-order valence-electron chi connectivity index (χ1n) is 6.00. The van der Waals surface area contributed by atoms with E-state index in [2.05, 4.69) is 10.6 Å². The van der Waals surface area contributed by atoms with Crippen molar-refractivity contribution in [2.45, 2.75) is 12.8 Å². The van der Waals surface area contributed by atoms with Gasteiger partial charge < -0.3 is 10.6 Å². The number of benzene rings is 1. The van der Waals surface area contributed by atoms with Gasteiger partial charge in [0.25, 0.3) is 0 Å². The fourth-order valence-electron chi connectivity index (χ4n) is 2.12. The minimum absolute atomic E-state index is 0.141. The molecule has 1 heterocycles. The molecule has 0 radical (unpaired) electrons. The van der Waals surface area contributed by atoms with E-state index in [0.717, 1.165) is 44.1 Å². The quantitative estimate of drug-likeness (QED) is 0.739. The Balaban J connectivity index is 1.64. The number of hydrogen-bond donors (Lipinski definition) is 2. The average Bonchev–Trinajstić information content (AvgIpc) is 2.77. The summed E-state index contributed by atoms with van der Waals surface area (Å²) in [5.74, 6) is 0.630. The van der Waals surface area contributed by atoms with Gasteiger partial charge >= 0.3 is 0 Å². The van der Waals surface area contributed by atoms with Gasteiger partial charge in [-0.25, -0.2) is 4.39 Å². The standard InChI is InChI=1S/C13H19FN2/c14-13-3-1-2-11(8-13)4-6-15-9-12-5-7-16-10-12/h1-3,8,12,15-16H,4-7,9-10H2. The molecule has 16 heavy (non-hydrogen) atoms. The molecule has 1 atom stereocenters. The number of hydrogen-bond acceptors (Lipinski definition) is 2. The van der Waals surface area contributed by atoms with E-state index in [9.17, 15) is 4.39 Å². The molecule has 1 aromatic carbocycles. The van der Waals surface area contributed by atoms with Crippen molar-refractivity contribution in [1.29, 1.82) is 0 Å². The van der Waals surface area contributed by atoms with E-state index in [1.165, 1.54) is 12.5 Å². The molecule has 1 aliphatic rings. The summed E-state index contributed by atoms with van der Waals surface area (Å²) in [4.78, 5) is 0. The molecule has 0 aromatic heterocycles. The van der Waals surface area contributed by atoms with Crippen molar-refractivity contribution in [2.75, 3.05) is 26.2 Å². The third-order valence-corrected chi connectivity index (χ3v) is 3.07. The molecule has 0 amide bonds. The zero-order valence-corrected chi connectivity index (χ0v) is 9.51. The first kappa shape index (κ1) is 11.6. The van der Waals surface area contributed by atoms with Crippen molar-refractivity contribution in [3.63, 3.8) is 0 Å². The highest BCUT2D eigenvalue weighted by molar-refractivity contribution is 5.16. The minimum atomic E-state index is -0.141. The highest BCUT2D eigenvalue weighted by Crippen LogP contribution is 2.06. The Morgan fingerprint density at radius 1 is 1.44 bits per heavy atom. The minimum Gasteiger partial charge on any atom is -0.316 e. The lowest BCUT2D eigenvalue weighted by atomic mass is 10.1. The second kappa shape index (κ2) is 5.97. The lowest BCUT2D eigenvalue weighted by Crippen LogP contribution is -2.26. The molecular formula is C13H19FN2. The Kier molecular flexibility index (Phi) is 4.31. The van der Waals surface area contributed by atoms with Crippen molar-refractivity contribution in [2.24, 2.45) is 5.92 Å². The summed E-state index contributed by atoms with van der Waals surface area (Å²) < 4.78 is 12.9. The van der Waals surface area contributed by atoms with Crippen LogP contribution in [0.1, 0.15) is 12.0 Å². The first-order chi connectivity index (χ1) is 7.84. The molecule has 2 nitrogen and oxygen atoms in total. The molecule has 1 aliphatic heterocycles. The van der Waals surface area contributed by atoms with E-state index >= 15 is 0 Å². The molecule has 0 bridgehead atoms. The van der Waals surface area contributed by atoms with E-state index in [4.69, 9.17) is 0 Å². The summed E-state index contributed by atoms with van der Waals surface area (Å²) in [5, 5.41) is 6.78.